The highest BCUT2D eigenvalue weighted by molar-refractivity contribution is 5.56. The largest absolute Gasteiger partial charge is 0.496 e. The first-order valence-electron chi connectivity index (χ1n) is 6.99. The highest BCUT2D eigenvalue weighted by Gasteiger charge is 2.17. The number of nitrogens with one attached hydrogen (secondary N) is 1. The second kappa shape index (κ2) is 7.24. The van der Waals surface area contributed by atoms with E-state index in [0.29, 0.717) is 24.0 Å². The third-order valence-electron chi connectivity index (χ3n) is 3.61. The molecular weight excluding hydrogens is 274 g/mol. The summed E-state index contributed by atoms with van der Waals surface area (Å²) in [6.45, 7) is 6.20. The molecule has 116 valence electrons. The van der Waals surface area contributed by atoms with Crippen molar-refractivity contribution in [3.63, 3.8) is 0 Å². The van der Waals surface area contributed by atoms with Crippen LogP contribution in [0.3, 0.4) is 0 Å². The lowest BCUT2D eigenvalue weighted by Gasteiger charge is -2.32. The molecule has 0 aliphatic carbocycles. The molecule has 7 heteroatoms. The Morgan fingerprint density at radius 2 is 2.14 bits per heavy atom. The van der Waals surface area contributed by atoms with Gasteiger partial charge in [-0.15, -0.1) is 0 Å². The lowest BCUT2D eigenvalue weighted by molar-refractivity contribution is -0.384. The number of nitrogens with zero attached hydrogens (tertiary/aromatic N) is 2. The zero-order valence-electron chi connectivity index (χ0n) is 12.4. The van der Waals surface area contributed by atoms with Crippen LogP contribution in [0.5, 0.6) is 5.75 Å². The molecule has 0 spiro atoms. The molecular formula is C14H21N3O4. The number of hydrogen-bond donors (Lipinski definition) is 1. The Kier molecular flexibility index (Phi) is 5.35. The fourth-order valence-corrected chi connectivity index (χ4v) is 2.32. The Hall–Kier alpha value is -1.86. The summed E-state index contributed by atoms with van der Waals surface area (Å²) in [5.74, 6) is 0.478. The van der Waals surface area contributed by atoms with Crippen molar-refractivity contribution in [2.75, 3.05) is 45.3 Å². The summed E-state index contributed by atoms with van der Waals surface area (Å²) in [7, 11) is 1.50. The minimum Gasteiger partial charge on any atom is -0.496 e. The first kappa shape index (κ1) is 15.5. The van der Waals surface area contributed by atoms with E-state index in [1.54, 1.807) is 6.07 Å². The molecule has 0 amide bonds. The molecule has 1 saturated heterocycles. The van der Waals surface area contributed by atoms with Crippen LogP contribution in [0.4, 0.5) is 11.4 Å². The lowest BCUT2D eigenvalue weighted by Crippen LogP contribution is -2.45. The molecule has 0 saturated carbocycles. The van der Waals surface area contributed by atoms with Gasteiger partial charge in [-0.25, -0.2) is 0 Å². The van der Waals surface area contributed by atoms with Crippen LogP contribution in [-0.4, -0.2) is 55.8 Å². The van der Waals surface area contributed by atoms with Crippen LogP contribution in [0.1, 0.15) is 6.92 Å². The van der Waals surface area contributed by atoms with E-state index in [2.05, 4.69) is 17.1 Å². The molecule has 21 heavy (non-hydrogen) atoms. The maximum absolute atomic E-state index is 10.9. The van der Waals surface area contributed by atoms with Gasteiger partial charge in [0.15, 0.2) is 0 Å². The lowest BCUT2D eigenvalue weighted by atomic mass is 10.2. The molecule has 0 unspecified atom stereocenters. The molecule has 2 rings (SSSR count). The quantitative estimate of drug-likeness (QED) is 0.636. The third kappa shape index (κ3) is 4.30. The fourth-order valence-electron chi connectivity index (χ4n) is 2.32. The summed E-state index contributed by atoms with van der Waals surface area (Å²) in [6.07, 6.45) is 0. The van der Waals surface area contributed by atoms with Gasteiger partial charge in [0, 0.05) is 43.5 Å². The van der Waals surface area contributed by atoms with Crippen LogP contribution in [0.2, 0.25) is 0 Å². The highest BCUT2D eigenvalue weighted by Crippen LogP contribution is 2.25. The van der Waals surface area contributed by atoms with Crippen molar-refractivity contribution >= 4 is 11.4 Å². The van der Waals surface area contributed by atoms with Crippen LogP contribution < -0.4 is 10.1 Å². The fraction of sp³-hybridized carbons (Fsp3) is 0.571. The third-order valence-corrected chi connectivity index (χ3v) is 3.61. The molecule has 1 atom stereocenters. The summed E-state index contributed by atoms with van der Waals surface area (Å²) in [6, 6.07) is 5.03. The minimum atomic E-state index is -0.418. The average Bonchev–Trinajstić information content (AvgIpc) is 2.53. The van der Waals surface area contributed by atoms with Crippen LogP contribution in [0, 0.1) is 10.1 Å². The zero-order valence-corrected chi connectivity index (χ0v) is 12.4. The molecule has 1 aliphatic heterocycles. The van der Waals surface area contributed by atoms with Crippen molar-refractivity contribution in [1.29, 1.82) is 0 Å². The maximum atomic E-state index is 10.9. The van der Waals surface area contributed by atoms with Gasteiger partial charge in [0.05, 0.1) is 31.3 Å². The predicted octanol–water partition coefficient (Wildman–Crippen LogP) is 1.74. The summed E-state index contributed by atoms with van der Waals surface area (Å²) in [4.78, 5) is 12.8. The first-order chi connectivity index (χ1) is 10.1. The molecule has 1 heterocycles. The number of rotatable bonds is 6. The SMILES string of the molecule is COc1cc(NC[C@H](C)N2CCOCC2)cc([N+](=O)[O-])c1. The normalized spacial score (nSPS) is 17.2. The van der Waals surface area contributed by atoms with E-state index in [4.69, 9.17) is 9.47 Å². The Bertz CT molecular complexity index is 489. The first-order valence-corrected chi connectivity index (χ1v) is 6.99. The number of non-ortho nitro benzene ring substituents is 1. The maximum Gasteiger partial charge on any atom is 0.275 e. The summed E-state index contributed by atoms with van der Waals surface area (Å²) >= 11 is 0. The molecule has 0 aromatic heterocycles. The van der Waals surface area contributed by atoms with Crippen LogP contribution in [0.25, 0.3) is 0 Å². The van der Waals surface area contributed by atoms with E-state index < -0.39 is 4.92 Å². The Balaban J connectivity index is 1.98. The van der Waals surface area contributed by atoms with E-state index in [0.717, 1.165) is 26.3 Å². The van der Waals surface area contributed by atoms with Gasteiger partial charge in [0.1, 0.15) is 5.75 Å². The molecule has 1 aromatic rings. The molecule has 1 aromatic carbocycles. The molecule has 0 bridgehead atoms. The predicted molar refractivity (Wildman–Crippen MR) is 80.0 cm³/mol. The number of methoxy groups -OCH3 is 1. The number of hydrogen-bond acceptors (Lipinski definition) is 6. The van der Waals surface area contributed by atoms with Crippen molar-refractivity contribution in [3.05, 3.63) is 28.3 Å². The van der Waals surface area contributed by atoms with E-state index >= 15 is 0 Å². The van der Waals surface area contributed by atoms with E-state index in [9.17, 15) is 10.1 Å². The number of nitro benzene ring substituents is 1. The van der Waals surface area contributed by atoms with Gasteiger partial charge in [-0.05, 0) is 6.92 Å². The van der Waals surface area contributed by atoms with E-state index in [-0.39, 0.29) is 5.69 Å². The highest BCUT2D eigenvalue weighted by atomic mass is 16.6. The van der Waals surface area contributed by atoms with Gasteiger partial charge in [-0.3, -0.25) is 15.0 Å². The van der Waals surface area contributed by atoms with Gasteiger partial charge >= 0.3 is 0 Å². The Labute approximate surface area is 124 Å². The second-order valence-electron chi connectivity index (χ2n) is 5.06. The van der Waals surface area contributed by atoms with Gasteiger partial charge in [-0.1, -0.05) is 0 Å². The molecule has 1 N–H and O–H groups in total. The van der Waals surface area contributed by atoms with E-state index in [1.165, 1.54) is 19.2 Å². The van der Waals surface area contributed by atoms with Crippen LogP contribution >= 0.6 is 0 Å². The molecule has 7 nitrogen and oxygen atoms in total. The van der Waals surface area contributed by atoms with Crippen molar-refractivity contribution in [3.8, 4) is 5.75 Å². The summed E-state index contributed by atoms with van der Waals surface area (Å²) in [5, 5.41) is 14.2. The average molecular weight is 295 g/mol. The molecule has 1 aliphatic rings. The monoisotopic (exact) mass is 295 g/mol. The summed E-state index contributed by atoms with van der Waals surface area (Å²) in [5.41, 5.74) is 0.719. The van der Waals surface area contributed by atoms with Crippen molar-refractivity contribution < 1.29 is 14.4 Å². The Morgan fingerprint density at radius 1 is 1.43 bits per heavy atom. The Morgan fingerprint density at radius 3 is 2.76 bits per heavy atom. The van der Waals surface area contributed by atoms with Crippen LogP contribution in [-0.2, 0) is 4.74 Å². The molecule has 1 fully saturated rings. The number of ether oxygens (including phenoxy) is 2. The number of morpholine rings is 1. The zero-order chi connectivity index (χ0) is 15.2. The smallest absolute Gasteiger partial charge is 0.275 e. The minimum absolute atomic E-state index is 0.0240. The van der Waals surface area contributed by atoms with Crippen molar-refractivity contribution in [2.24, 2.45) is 0 Å². The topological polar surface area (TPSA) is 76.9 Å². The second-order valence-corrected chi connectivity index (χ2v) is 5.06. The van der Waals surface area contributed by atoms with E-state index in [1.807, 2.05) is 0 Å². The van der Waals surface area contributed by atoms with Crippen molar-refractivity contribution in [2.45, 2.75) is 13.0 Å². The number of benzene rings is 1. The standard InChI is InChI=1S/C14H21N3O4/c1-11(16-3-5-21-6-4-16)10-15-12-7-13(17(18)19)9-14(8-12)20-2/h7-9,11,15H,3-6,10H2,1-2H3/t11-/m0/s1. The van der Waals surface area contributed by atoms with Gasteiger partial charge in [-0.2, -0.15) is 0 Å². The number of nitro groups is 1. The molecule has 0 radical (unpaired) electrons. The van der Waals surface area contributed by atoms with Gasteiger partial charge < -0.3 is 14.8 Å². The van der Waals surface area contributed by atoms with Gasteiger partial charge in [0.2, 0.25) is 0 Å². The number of anilines is 1. The summed E-state index contributed by atoms with van der Waals surface area (Å²) < 4.78 is 10.4. The van der Waals surface area contributed by atoms with Crippen LogP contribution in [0.15, 0.2) is 18.2 Å². The van der Waals surface area contributed by atoms with Crippen molar-refractivity contribution in [1.82, 2.24) is 4.90 Å². The van der Waals surface area contributed by atoms with Gasteiger partial charge in [0.25, 0.3) is 5.69 Å².